The first-order valence-corrected chi connectivity index (χ1v) is 9.51. The van der Waals surface area contributed by atoms with E-state index in [9.17, 15) is 19.8 Å². The molecular weight excluding hydrogens is 368 g/mol. The average molecular weight is 390 g/mol. The fraction of sp³-hybridized carbons (Fsp3) is 0.444. The van der Waals surface area contributed by atoms with E-state index < -0.39 is 12.0 Å². The zero-order valence-electron chi connectivity index (χ0n) is 15.4. The highest BCUT2D eigenvalue weighted by Gasteiger charge is 2.33. The Bertz CT molecular complexity index is 882. The number of hydrogen-bond acceptors (Lipinski definition) is 7. The van der Waals surface area contributed by atoms with Gasteiger partial charge >= 0.3 is 5.97 Å². The number of aryl methyl sites for hydroxylation is 1. The number of fused-ring (bicyclic) bond motifs is 1. The molecule has 1 aliphatic heterocycles. The summed E-state index contributed by atoms with van der Waals surface area (Å²) in [7, 11) is 0. The molecule has 0 spiro atoms. The van der Waals surface area contributed by atoms with E-state index in [-0.39, 0.29) is 18.6 Å². The molecular formula is C18H22N4O4S. The molecule has 3 heterocycles. The first kappa shape index (κ1) is 19.2. The Balaban J connectivity index is 1.93. The fourth-order valence-electron chi connectivity index (χ4n) is 2.92. The number of carbonyl (C=O) groups is 2. The van der Waals surface area contributed by atoms with Crippen molar-refractivity contribution in [3.63, 3.8) is 0 Å². The lowest BCUT2D eigenvalue weighted by atomic mass is 10.1. The van der Waals surface area contributed by atoms with Crippen molar-refractivity contribution in [3.8, 4) is 10.6 Å². The van der Waals surface area contributed by atoms with Crippen molar-refractivity contribution in [1.82, 2.24) is 14.9 Å². The second kappa shape index (κ2) is 7.61. The quantitative estimate of drug-likeness (QED) is 0.688. The smallest absolute Gasteiger partial charge is 0.326 e. The predicted molar refractivity (Wildman–Crippen MR) is 102 cm³/mol. The number of hydrogen-bond donors (Lipinski definition) is 3. The monoisotopic (exact) mass is 390 g/mol. The molecule has 2 aromatic rings. The highest BCUT2D eigenvalue weighted by atomic mass is 32.1. The number of anilines is 1. The number of nitrogens with one attached hydrogen (secondary N) is 1. The highest BCUT2D eigenvalue weighted by Crippen LogP contribution is 2.36. The maximum Gasteiger partial charge on any atom is 0.326 e. The zero-order chi connectivity index (χ0) is 19.7. The molecule has 0 aliphatic carbocycles. The fourth-order valence-corrected chi connectivity index (χ4v) is 4.12. The molecule has 0 fully saturated rings. The maximum atomic E-state index is 12.7. The van der Waals surface area contributed by atoms with Gasteiger partial charge in [0.15, 0.2) is 0 Å². The van der Waals surface area contributed by atoms with Crippen molar-refractivity contribution in [3.05, 3.63) is 28.3 Å². The minimum atomic E-state index is -1.01. The Morgan fingerprint density at radius 2 is 2.19 bits per heavy atom. The number of thiophene rings is 1. The number of rotatable bonds is 6. The van der Waals surface area contributed by atoms with E-state index in [1.165, 1.54) is 23.2 Å². The van der Waals surface area contributed by atoms with Gasteiger partial charge < -0.3 is 20.4 Å². The molecule has 3 rings (SSSR count). The van der Waals surface area contributed by atoms with Gasteiger partial charge in [-0.3, -0.25) is 4.79 Å². The van der Waals surface area contributed by atoms with Gasteiger partial charge in [-0.15, -0.1) is 11.3 Å². The van der Waals surface area contributed by atoms with E-state index in [0.717, 1.165) is 21.0 Å². The lowest BCUT2D eigenvalue weighted by Crippen LogP contribution is -2.46. The molecule has 1 unspecified atom stereocenters. The van der Waals surface area contributed by atoms with Gasteiger partial charge in [0.25, 0.3) is 5.91 Å². The zero-order valence-corrected chi connectivity index (χ0v) is 16.2. The summed E-state index contributed by atoms with van der Waals surface area (Å²) in [6, 6.07) is 0.757. The number of aliphatic carboxylic acids is 1. The molecule has 2 aromatic heterocycles. The van der Waals surface area contributed by atoms with Crippen LogP contribution in [0.25, 0.3) is 10.6 Å². The number of aromatic nitrogens is 2. The normalized spacial score (nSPS) is 16.0. The van der Waals surface area contributed by atoms with Crippen molar-refractivity contribution < 1.29 is 19.8 Å². The Morgan fingerprint density at radius 3 is 2.85 bits per heavy atom. The van der Waals surface area contributed by atoms with E-state index in [0.29, 0.717) is 24.5 Å². The summed E-state index contributed by atoms with van der Waals surface area (Å²) in [6.45, 7) is 5.60. The standard InChI is InChI=1S/C18H22N4O4S/c1-9-7-19-18(20-10(2)8-23)21-15(9)14-6-12-13(27-14)4-5-22(16(12)24)11(3)17(25)26/h6-7,10-11,23H,4-5,8H2,1-3H3,(H,25,26)(H,19,20,21)/t10-,11?/m0/s1. The van der Waals surface area contributed by atoms with Crippen LogP contribution >= 0.6 is 11.3 Å². The van der Waals surface area contributed by atoms with E-state index in [1.807, 2.05) is 13.8 Å². The van der Waals surface area contributed by atoms with Gasteiger partial charge in [0.2, 0.25) is 5.95 Å². The van der Waals surface area contributed by atoms with Gasteiger partial charge in [-0.2, -0.15) is 0 Å². The molecule has 8 nitrogen and oxygen atoms in total. The van der Waals surface area contributed by atoms with Gasteiger partial charge in [0, 0.05) is 30.1 Å². The molecule has 0 saturated heterocycles. The summed E-state index contributed by atoms with van der Waals surface area (Å²) in [5.74, 6) is -0.855. The topological polar surface area (TPSA) is 116 Å². The van der Waals surface area contributed by atoms with Crippen LogP contribution in [0.2, 0.25) is 0 Å². The van der Waals surface area contributed by atoms with Crippen LogP contribution < -0.4 is 5.32 Å². The molecule has 0 saturated carbocycles. The summed E-state index contributed by atoms with van der Waals surface area (Å²) in [5, 5.41) is 21.4. The van der Waals surface area contributed by atoms with Crippen molar-refractivity contribution in [2.24, 2.45) is 0 Å². The van der Waals surface area contributed by atoms with Gasteiger partial charge in [0.1, 0.15) is 6.04 Å². The number of amides is 1. The molecule has 9 heteroatoms. The van der Waals surface area contributed by atoms with Crippen LogP contribution in [0.3, 0.4) is 0 Å². The van der Waals surface area contributed by atoms with Gasteiger partial charge in [-0.25, -0.2) is 14.8 Å². The number of carboxylic acid groups (broad SMARTS) is 1. The molecule has 3 N–H and O–H groups in total. The molecule has 2 atom stereocenters. The third-order valence-electron chi connectivity index (χ3n) is 4.56. The summed E-state index contributed by atoms with van der Waals surface area (Å²) in [5.41, 5.74) is 2.15. The van der Waals surface area contributed by atoms with Crippen LogP contribution in [0.15, 0.2) is 12.3 Å². The Kier molecular flexibility index (Phi) is 5.43. The van der Waals surface area contributed by atoms with Crippen molar-refractivity contribution in [2.45, 2.75) is 39.3 Å². The van der Waals surface area contributed by atoms with E-state index in [2.05, 4.69) is 15.3 Å². The van der Waals surface area contributed by atoms with E-state index in [1.54, 1.807) is 12.3 Å². The third kappa shape index (κ3) is 3.79. The third-order valence-corrected chi connectivity index (χ3v) is 5.76. The van der Waals surface area contributed by atoms with Crippen LogP contribution in [0.4, 0.5) is 5.95 Å². The molecule has 0 bridgehead atoms. The Morgan fingerprint density at radius 1 is 1.44 bits per heavy atom. The minimum absolute atomic E-state index is 0.0357. The highest BCUT2D eigenvalue weighted by molar-refractivity contribution is 7.15. The molecule has 27 heavy (non-hydrogen) atoms. The Labute approximate surface area is 160 Å². The summed E-state index contributed by atoms with van der Waals surface area (Å²) in [6.07, 6.45) is 2.33. The SMILES string of the molecule is Cc1cnc(N[C@@H](C)CO)nc1-c1cc2c(s1)CCN(C(C)C(=O)O)C2=O. The largest absolute Gasteiger partial charge is 0.480 e. The molecule has 1 amide bonds. The number of aliphatic hydroxyl groups excluding tert-OH is 1. The maximum absolute atomic E-state index is 12.7. The van der Waals surface area contributed by atoms with Crippen LogP contribution in [0.5, 0.6) is 0 Å². The summed E-state index contributed by atoms with van der Waals surface area (Å²) < 4.78 is 0. The second-order valence-electron chi connectivity index (χ2n) is 6.66. The summed E-state index contributed by atoms with van der Waals surface area (Å²) >= 11 is 1.50. The lowest BCUT2D eigenvalue weighted by molar-refractivity contribution is -0.141. The first-order valence-electron chi connectivity index (χ1n) is 8.69. The number of carboxylic acids is 1. The van der Waals surface area contributed by atoms with Crippen molar-refractivity contribution >= 4 is 29.2 Å². The summed E-state index contributed by atoms with van der Waals surface area (Å²) in [4.78, 5) is 35.9. The minimum Gasteiger partial charge on any atom is -0.480 e. The average Bonchev–Trinajstić information content (AvgIpc) is 3.07. The van der Waals surface area contributed by atoms with Gasteiger partial charge in [-0.1, -0.05) is 0 Å². The number of nitrogens with zero attached hydrogens (tertiary/aromatic N) is 3. The van der Waals surface area contributed by atoms with Crippen LogP contribution in [0.1, 0.15) is 34.6 Å². The lowest BCUT2D eigenvalue weighted by Gasteiger charge is -2.29. The van der Waals surface area contributed by atoms with Crippen LogP contribution in [-0.4, -0.2) is 62.2 Å². The molecule has 0 radical (unpaired) electrons. The molecule has 144 valence electrons. The second-order valence-corrected chi connectivity index (χ2v) is 7.80. The van der Waals surface area contributed by atoms with Crippen molar-refractivity contribution in [1.29, 1.82) is 0 Å². The molecule has 1 aliphatic rings. The van der Waals surface area contributed by atoms with Gasteiger partial charge in [-0.05, 0) is 32.4 Å². The van der Waals surface area contributed by atoms with Crippen molar-refractivity contribution in [2.75, 3.05) is 18.5 Å². The van der Waals surface area contributed by atoms with E-state index in [4.69, 9.17) is 0 Å². The predicted octanol–water partition coefficient (Wildman–Crippen LogP) is 1.78. The Hall–Kier alpha value is -2.52. The molecule has 0 aromatic carbocycles. The number of aliphatic hydroxyl groups is 1. The number of carbonyl (C=O) groups excluding carboxylic acids is 1. The van der Waals surface area contributed by atoms with Crippen LogP contribution in [0, 0.1) is 6.92 Å². The van der Waals surface area contributed by atoms with E-state index >= 15 is 0 Å². The first-order chi connectivity index (χ1) is 12.8. The van der Waals surface area contributed by atoms with Gasteiger partial charge in [0.05, 0.1) is 22.7 Å². The van der Waals surface area contributed by atoms with Crippen LogP contribution in [-0.2, 0) is 11.2 Å².